The van der Waals surface area contributed by atoms with Crippen LogP contribution in [0.1, 0.15) is 5.56 Å². The quantitative estimate of drug-likeness (QED) is 0.750. The first-order valence-electron chi connectivity index (χ1n) is 5.91. The van der Waals surface area contributed by atoms with E-state index >= 15 is 0 Å². The Morgan fingerprint density at radius 3 is 2.84 bits per heavy atom. The van der Waals surface area contributed by atoms with Crippen molar-refractivity contribution in [2.75, 3.05) is 13.2 Å². The Morgan fingerprint density at radius 1 is 1.37 bits per heavy atom. The van der Waals surface area contributed by atoms with Gasteiger partial charge in [-0.1, -0.05) is 17.7 Å². The second-order valence-corrected chi connectivity index (χ2v) is 4.02. The Bertz CT molecular complexity index is 509. The summed E-state index contributed by atoms with van der Waals surface area (Å²) in [5, 5.41) is 13.2. The lowest BCUT2D eigenvalue weighted by Crippen LogP contribution is -2.31. The summed E-state index contributed by atoms with van der Waals surface area (Å²) in [4.78, 5) is 11.5. The number of aryl methyl sites for hydroxylation is 1. The number of hydrogen-bond donors (Lipinski definition) is 1. The highest BCUT2D eigenvalue weighted by Crippen LogP contribution is 2.10. The van der Waals surface area contributed by atoms with Gasteiger partial charge in [0.15, 0.2) is 0 Å². The summed E-state index contributed by atoms with van der Waals surface area (Å²) in [5.41, 5.74) is 1.18. The minimum Gasteiger partial charge on any atom is -0.492 e. The number of ether oxygens (including phenoxy) is 1. The monoisotopic (exact) mass is 261 g/mol. The van der Waals surface area contributed by atoms with Crippen molar-refractivity contribution < 1.29 is 9.53 Å². The largest absolute Gasteiger partial charge is 0.492 e. The molecule has 100 valence electrons. The minimum absolute atomic E-state index is 0.109. The molecule has 1 aromatic heterocycles. The molecule has 1 N–H and O–H groups in total. The van der Waals surface area contributed by atoms with Gasteiger partial charge in [-0.15, -0.1) is 5.10 Å². The van der Waals surface area contributed by atoms with Gasteiger partial charge in [-0.3, -0.25) is 4.79 Å². The molecular weight excluding hydrogens is 246 g/mol. The van der Waals surface area contributed by atoms with Gasteiger partial charge in [-0.2, -0.15) is 0 Å². The molecule has 7 nitrogen and oxygen atoms in total. The zero-order chi connectivity index (χ0) is 13.5. The van der Waals surface area contributed by atoms with Crippen molar-refractivity contribution in [1.29, 1.82) is 0 Å². The van der Waals surface area contributed by atoms with Crippen LogP contribution in [-0.2, 0) is 11.3 Å². The lowest BCUT2D eigenvalue weighted by atomic mass is 10.2. The number of aromatic nitrogens is 4. The van der Waals surface area contributed by atoms with E-state index < -0.39 is 0 Å². The van der Waals surface area contributed by atoms with Crippen molar-refractivity contribution >= 4 is 5.91 Å². The molecule has 1 heterocycles. The van der Waals surface area contributed by atoms with Crippen LogP contribution in [-0.4, -0.2) is 39.3 Å². The second-order valence-electron chi connectivity index (χ2n) is 4.02. The second kappa shape index (κ2) is 6.48. The molecule has 0 spiro atoms. The first-order valence-corrected chi connectivity index (χ1v) is 5.91. The van der Waals surface area contributed by atoms with Crippen molar-refractivity contribution in [2.24, 2.45) is 0 Å². The van der Waals surface area contributed by atoms with E-state index in [9.17, 15) is 4.79 Å². The lowest BCUT2D eigenvalue weighted by molar-refractivity contribution is -0.121. The first kappa shape index (κ1) is 13.0. The van der Waals surface area contributed by atoms with Crippen molar-refractivity contribution in [3.63, 3.8) is 0 Å². The Balaban J connectivity index is 1.64. The van der Waals surface area contributed by atoms with E-state index in [-0.39, 0.29) is 12.5 Å². The molecule has 0 atom stereocenters. The fourth-order valence-corrected chi connectivity index (χ4v) is 1.45. The summed E-state index contributed by atoms with van der Waals surface area (Å²) < 4.78 is 6.84. The smallest absolute Gasteiger partial charge is 0.241 e. The number of rotatable bonds is 6. The predicted octanol–water partition coefficient (Wildman–Crippen LogP) is 0.177. The van der Waals surface area contributed by atoms with Crippen LogP contribution >= 0.6 is 0 Å². The SMILES string of the molecule is Cc1ccc(OCCNC(=O)Cn2cnnn2)cc1. The zero-order valence-electron chi connectivity index (χ0n) is 10.6. The Kier molecular flexibility index (Phi) is 4.44. The summed E-state index contributed by atoms with van der Waals surface area (Å²) in [5.74, 6) is 0.639. The van der Waals surface area contributed by atoms with E-state index in [0.29, 0.717) is 13.2 Å². The van der Waals surface area contributed by atoms with Gasteiger partial charge in [0, 0.05) is 0 Å². The van der Waals surface area contributed by atoms with Gasteiger partial charge in [-0.25, -0.2) is 4.68 Å². The van der Waals surface area contributed by atoms with Crippen LogP contribution < -0.4 is 10.1 Å². The Labute approximate surface area is 110 Å². The molecule has 2 rings (SSSR count). The van der Waals surface area contributed by atoms with Gasteiger partial charge in [0.1, 0.15) is 25.2 Å². The van der Waals surface area contributed by atoms with E-state index in [1.165, 1.54) is 16.6 Å². The van der Waals surface area contributed by atoms with Crippen LogP contribution in [0, 0.1) is 6.92 Å². The normalized spacial score (nSPS) is 10.2. The number of carbonyl (C=O) groups excluding carboxylic acids is 1. The van der Waals surface area contributed by atoms with E-state index in [4.69, 9.17) is 4.74 Å². The number of nitrogens with zero attached hydrogens (tertiary/aromatic N) is 4. The number of nitrogens with one attached hydrogen (secondary N) is 1. The summed E-state index contributed by atoms with van der Waals surface area (Å²) in [6.07, 6.45) is 1.39. The molecule has 1 amide bonds. The summed E-state index contributed by atoms with van der Waals surface area (Å²) >= 11 is 0. The zero-order valence-corrected chi connectivity index (χ0v) is 10.6. The Hall–Kier alpha value is -2.44. The van der Waals surface area contributed by atoms with Gasteiger partial charge in [-0.05, 0) is 29.5 Å². The molecule has 0 unspecified atom stereocenters. The fourth-order valence-electron chi connectivity index (χ4n) is 1.45. The van der Waals surface area contributed by atoms with E-state index in [2.05, 4.69) is 20.8 Å². The van der Waals surface area contributed by atoms with Gasteiger partial charge in [0.25, 0.3) is 0 Å². The van der Waals surface area contributed by atoms with Gasteiger partial charge < -0.3 is 10.1 Å². The van der Waals surface area contributed by atoms with Crippen LogP contribution in [0.3, 0.4) is 0 Å². The molecule has 0 radical (unpaired) electrons. The molecule has 0 bridgehead atoms. The van der Waals surface area contributed by atoms with Crippen molar-refractivity contribution in [3.05, 3.63) is 36.2 Å². The van der Waals surface area contributed by atoms with Crippen LogP contribution in [0.5, 0.6) is 5.75 Å². The molecule has 0 aliphatic carbocycles. The standard InChI is InChI=1S/C12H15N5O2/c1-10-2-4-11(5-3-10)19-7-6-13-12(18)8-17-9-14-15-16-17/h2-5,9H,6-8H2,1H3,(H,13,18). The van der Waals surface area contributed by atoms with Crippen LogP contribution in [0.4, 0.5) is 0 Å². The molecule has 0 aliphatic heterocycles. The number of amides is 1. The van der Waals surface area contributed by atoms with Crippen LogP contribution in [0.25, 0.3) is 0 Å². The minimum atomic E-state index is -0.153. The number of hydrogen-bond acceptors (Lipinski definition) is 5. The maximum atomic E-state index is 11.5. The molecule has 2 aromatic rings. The maximum Gasteiger partial charge on any atom is 0.241 e. The van der Waals surface area contributed by atoms with E-state index in [0.717, 1.165) is 5.75 Å². The molecule has 7 heteroatoms. The molecule has 0 aliphatic rings. The number of carbonyl (C=O) groups is 1. The molecule has 1 aromatic carbocycles. The van der Waals surface area contributed by atoms with Crippen molar-refractivity contribution in [3.8, 4) is 5.75 Å². The highest BCUT2D eigenvalue weighted by atomic mass is 16.5. The third kappa shape index (κ3) is 4.38. The van der Waals surface area contributed by atoms with Crippen LogP contribution in [0.15, 0.2) is 30.6 Å². The van der Waals surface area contributed by atoms with Gasteiger partial charge in [0.05, 0.1) is 6.54 Å². The molecule has 19 heavy (non-hydrogen) atoms. The van der Waals surface area contributed by atoms with Crippen LogP contribution in [0.2, 0.25) is 0 Å². The third-order valence-electron chi connectivity index (χ3n) is 2.41. The summed E-state index contributed by atoms with van der Waals surface area (Å²) in [6, 6.07) is 7.76. The van der Waals surface area contributed by atoms with Gasteiger partial charge >= 0.3 is 0 Å². The summed E-state index contributed by atoms with van der Waals surface area (Å²) in [7, 11) is 0. The first-order chi connectivity index (χ1) is 9.24. The Morgan fingerprint density at radius 2 is 2.16 bits per heavy atom. The lowest BCUT2D eigenvalue weighted by Gasteiger charge is -2.07. The summed E-state index contributed by atoms with van der Waals surface area (Å²) in [6.45, 7) is 2.99. The highest BCUT2D eigenvalue weighted by molar-refractivity contribution is 5.75. The van der Waals surface area contributed by atoms with E-state index in [1.54, 1.807) is 0 Å². The van der Waals surface area contributed by atoms with Crippen molar-refractivity contribution in [1.82, 2.24) is 25.5 Å². The average Bonchev–Trinajstić information content (AvgIpc) is 2.89. The predicted molar refractivity (Wildman–Crippen MR) is 67.5 cm³/mol. The highest BCUT2D eigenvalue weighted by Gasteiger charge is 2.02. The van der Waals surface area contributed by atoms with E-state index in [1.807, 2.05) is 31.2 Å². The molecule has 0 fully saturated rings. The van der Waals surface area contributed by atoms with Gasteiger partial charge in [0.2, 0.25) is 5.91 Å². The maximum absolute atomic E-state index is 11.5. The third-order valence-corrected chi connectivity index (χ3v) is 2.41. The molecule has 0 saturated carbocycles. The topological polar surface area (TPSA) is 81.9 Å². The molecule has 0 saturated heterocycles. The fraction of sp³-hybridized carbons (Fsp3) is 0.333. The average molecular weight is 261 g/mol. The van der Waals surface area contributed by atoms with Crippen molar-refractivity contribution in [2.45, 2.75) is 13.5 Å². The number of tetrazole rings is 1. The number of benzene rings is 1. The molecular formula is C12H15N5O2.